The van der Waals surface area contributed by atoms with Gasteiger partial charge in [0.1, 0.15) is 10.9 Å². The third-order valence-electron chi connectivity index (χ3n) is 8.18. The summed E-state index contributed by atoms with van der Waals surface area (Å²) >= 11 is 0. The molecule has 0 aliphatic carbocycles. The van der Waals surface area contributed by atoms with Crippen LogP contribution in [0.5, 0.6) is 0 Å². The summed E-state index contributed by atoms with van der Waals surface area (Å²) in [6.45, 7) is 8.61. The SMILES string of the molecule is CCCCCCCCCCCCCCCCCCN(C)C(=O)OC(OCCC)C(C)(C(CCCC)OS(C)(=O)=O)S(C)=O. The number of hydrogen-bond acceptors (Lipinski definition) is 7. The normalized spacial score (nSPS) is 15.5. The first-order chi connectivity index (χ1) is 20.4. The summed E-state index contributed by atoms with van der Waals surface area (Å²) < 4.78 is 53.0. The van der Waals surface area contributed by atoms with E-state index in [4.69, 9.17) is 13.7 Å². The van der Waals surface area contributed by atoms with Gasteiger partial charge in [0.25, 0.3) is 10.1 Å². The molecular weight excluding hydrogens is 586 g/mol. The maximum atomic E-state index is 13.1. The van der Waals surface area contributed by atoms with Crippen molar-refractivity contribution in [3.63, 3.8) is 0 Å². The lowest BCUT2D eigenvalue weighted by molar-refractivity contribution is -0.145. The first-order valence-electron chi connectivity index (χ1n) is 17.2. The molecule has 4 unspecified atom stereocenters. The first-order valence-corrected chi connectivity index (χ1v) is 20.6. The molecule has 8 nitrogen and oxygen atoms in total. The first kappa shape index (κ1) is 42.3. The van der Waals surface area contributed by atoms with Gasteiger partial charge in [0, 0.05) is 30.6 Å². The summed E-state index contributed by atoms with van der Waals surface area (Å²) in [6, 6.07) is 0. The number of carbonyl (C=O) groups excluding carboxylic acids is 1. The third kappa shape index (κ3) is 20.1. The van der Waals surface area contributed by atoms with Gasteiger partial charge in [0.2, 0.25) is 6.29 Å². The number of nitrogens with zero attached hydrogens (tertiary/aromatic N) is 1. The van der Waals surface area contributed by atoms with Crippen molar-refractivity contribution in [2.24, 2.45) is 0 Å². The largest absolute Gasteiger partial charge is 0.418 e. The van der Waals surface area contributed by atoms with Gasteiger partial charge in [-0.15, -0.1) is 0 Å². The van der Waals surface area contributed by atoms with Gasteiger partial charge in [0.15, 0.2) is 0 Å². The minimum atomic E-state index is -3.84. The van der Waals surface area contributed by atoms with Crippen LogP contribution in [-0.4, -0.2) is 73.5 Å². The van der Waals surface area contributed by atoms with Crippen LogP contribution < -0.4 is 0 Å². The number of unbranched alkanes of at least 4 members (excludes halogenated alkanes) is 16. The van der Waals surface area contributed by atoms with E-state index in [-0.39, 0.29) is 6.61 Å². The second-order valence-corrected chi connectivity index (χ2v) is 15.8. The van der Waals surface area contributed by atoms with Crippen LogP contribution in [0.2, 0.25) is 0 Å². The molecule has 0 aliphatic rings. The summed E-state index contributed by atoms with van der Waals surface area (Å²) in [6.07, 6.45) is 22.8. The minimum Gasteiger partial charge on any atom is -0.418 e. The molecule has 0 bridgehead atoms. The summed E-state index contributed by atoms with van der Waals surface area (Å²) in [5, 5.41) is 0. The van der Waals surface area contributed by atoms with Crippen molar-refractivity contribution < 1.29 is 31.1 Å². The van der Waals surface area contributed by atoms with E-state index in [1.54, 1.807) is 14.0 Å². The zero-order valence-corrected chi connectivity index (χ0v) is 30.5. The highest BCUT2D eigenvalue weighted by Crippen LogP contribution is 2.33. The lowest BCUT2D eigenvalue weighted by Gasteiger charge is -2.40. The van der Waals surface area contributed by atoms with Crippen LogP contribution in [0.1, 0.15) is 156 Å². The Bertz CT molecular complexity index is 824. The van der Waals surface area contributed by atoms with Gasteiger partial charge in [-0.2, -0.15) is 8.42 Å². The smallest absolute Gasteiger partial charge is 0.411 e. The van der Waals surface area contributed by atoms with Gasteiger partial charge in [-0.3, -0.25) is 8.39 Å². The van der Waals surface area contributed by atoms with E-state index in [0.29, 0.717) is 25.8 Å². The molecule has 0 aromatic heterocycles. The van der Waals surface area contributed by atoms with Crippen LogP contribution in [-0.2, 0) is 34.6 Å². The average Bonchev–Trinajstić information content (AvgIpc) is 2.95. The molecule has 0 heterocycles. The van der Waals surface area contributed by atoms with E-state index in [1.807, 2.05) is 13.8 Å². The molecule has 0 aliphatic heterocycles. The van der Waals surface area contributed by atoms with Crippen molar-refractivity contribution in [3.05, 3.63) is 0 Å². The molecule has 0 aromatic rings. The highest BCUT2D eigenvalue weighted by atomic mass is 32.2. The molecule has 0 radical (unpaired) electrons. The van der Waals surface area contributed by atoms with Crippen molar-refractivity contribution in [2.45, 2.75) is 173 Å². The van der Waals surface area contributed by atoms with Gasteiger partial charge in [-0.1, -0.05) is 130 Å². The van der Waals surface area contributed by atoms with Crippen LogP contribution in [0, 0.1) is 0 Å². The highest BCUT2D eigenvalue weighted by Gasteiger charge is 2.50. The van der Waals surface area contributed by atoms with Gasteiger partial charge >= 0.3 is 6.09 Å². The highest BCUT2D eigenvalue weighted by molar-refractivity contribution is 7.86. The molecule has 0 N–H and O–H groups in total. The van der Waals surface area contributed by atoms with Gasteiger partial charge < -0.3 is 14.4 Å². The van der Waals surface area contributed by atoms with E-state index in [2.05, 4.69) is 6.92 Å². The number of hydrogen-bond donors (Lipinski definition) is 0. The summed E-state index contributed by atoms with van der Waals surface area (Å²) in [4.78, 5) is 14.6. The molecule has 10 heteroatoms. The van der Waals surface area contributed by atoms with Crippen LogP contribution in [0.3, 0.4) is 0 Å². The van der Waals surface area contributed by atoms with Crippen molar-refractivity contribution in [1.82, 2.24) is 4.90 Å². The Morgan fingerprint density at radius 2 is 1.21 bits per heavy atom. The van der Waals surface area contributed by atoms with Crippen LogP contribution in [0.4, 0.5) is 4.79 Å². The number of rotatable bonds is 29. The Kier molecular flexibility index (Phi) is 25.1. The topological polar surface area (TPSA) is 99.2 Å². The molecule has 0 aromatic carbocycles. The molecule has 1 amide bonds. The predicted octanol–water partition coefficient (Wildman–Crippen LogP) is 8.74. The molecule has 4 atom stereocenters. The minimum absolute atomic E-state index is 0.271. The Balaban J connectivity index is 4.62. The van der Waals surface area contributed by atoms with E-state index in [9.17, 15) is 17.4 Å². The van der Waals surface area contributed by atoms with Gasteiger partial charge in [-0.25, -0.2) is 4.79 Å². The maximum absolute atomic E-state index is 13.1. The predicted molar refractivity (Wildman–Crippen MR) is 180 cm³/mol. The third-order valence-corrected chi connectivity index (χ3v) is 10.5. The summed E-state index contributed by atoms with van der Waals surface area (Å²) in [5.41, 5.74) is 0. The van der Waals surface area contributed by atoms with E-state index in [0.717, 1.165) is 31.9 Å². The molecule has 0 fully saturated rings. The molecule has 0 spiro atoms. The quantitative estimate of drug-likeness (QED) is 0.0452. The van der Waals surface area contributed by atoms with Crippen molar-refractivity contribution in [1.29, 1.82) is 0 Å². The van der Waals surface area contributed by atoms with Crippen molar-refractivity contribution >= 4 is 27.0 Å². The van der Waals surface area contributed by atoms with Gasteiger partial charge in [-0.05, 0) is 26.2 Å². The molecule has 43 heavy (non-hydrogen) atoms. The van der Waals surface area contributed by atoms with Crippen LogP contribution in [0.15, 0.2) is 0 Å². The standard InChI is InChI=1S/C33H67NO7S2/c1-8-11-13-14-15-16-17-18-19-20-21-22-23-24-25-26-28-34(5)32(35)40-31(39-29-10-3)33(4,42(6)36)30(27-12-9-2)41-43(7,37)38/h30-31H,8-29H2,1-7H3. The fourth-order valence-electron chi connectivity index (χ4n) is 5.21. The van der Waals surface area contributed by atoms with Crippen molar-refractivity contribution in [3.8, 4) is 0 Å². The zero-order valence-electron chi connectivity index (χ0n) is 28.8. The molecule has 0 saturated heterocycles. The van der Waals surface area contributed by atoms with Crippen LogP contribution >= 0.6 is 0 Å². The van der Waals surface area contributed by atoms with E-state index < -0.39 is 44.2 Å². The monoisotopic (exact) mass is 653 g/mol. The second kappa shape index (κ2) is 25.5. The van der Waals surface area contributed by atoms with Gasteiger partial charge in [0.05, 0.1) is 12.9 Å². The van der Waals surface area contributed by atoms with E-state index >= 15 is 0 Å². The summed E-state index contributed by atoms with van der Waals surface area (Å²) in [5.74, 6) is 0. The Morgan fingerprint density at radius 3 is 1.60 bits per heavy atom. The second-order valence-electron chi connectivity index (χ2n) is 12.4. The fourth-order valence-corrected chi connectivity index (χ4v) is 6.92. The average molecular weight is 654 g/mol. The maximum Gasteiger partial charge on any atom is 0.411 e. The lowest BCUT2D eigenvalue weighted by Crippen LogP contribution is -2.57. The molecule has 258 valence electrons. The molecular formula is C33H67NO7S2. The van der Waals surface area contributed by atoms with Crippen molar-refractivity contribution in [2.75, 3.05) is 32.7 Å². The molecule has 0 rings (SSSR count). The van der Waals surface area contributed by atoms with E-state index in [1.165, 1.54) is 94.6 Å². The Labute approximate surface area is 268 Å². The number of carbonyl (C=O) groups is 1. The van der Waals surface area contributed by atoms with Crippen LogP contribution in [0.25, 0.3) is 0 Å². The Morgan fingerprint density at radius 1 is 0.767 bits per heavy atom. The number of amides is 1. The zero-order chi connectivity index (χ0) is 32.6. The molecule has 0 saturated carbocycles. The Hall–Kier alpha value is -0.710. The number of ether oxygens (including phenoxy) is 2. The summed E-state index contributed by atoms with van der Waals surface area (Å²) in [7, 11) is -3.78. The fraction of sp³-hybridized carbons (Fsp3) is 0.970. The lowest BCUT2D eigenvalue weighted by atomic mass is 9.97.